The van der Waals surface area contributed by atoms with Gasteiger partial charge < -0.3 is 19.7 Å². The number of rotatable bonds is 11. The summed E-state index contributed by atoms with van der Waals surface area (Å²) in [5.41, 5.74) is 5.34. The maximum Gasteiger partial charge on any atom is 0.251 e. The van der Waals surface area contributed by atoms with Gasteiger partial charge in [0.1, 0.15) is 11.5 Å². The van der Waals surface area contributed by atoms with E-state index in [1.807, 2.05) is 80.6 Å². The van der Waals surface area contributed by atoms with Crippen molar-refractivity contribution in [3.63, 3.8) is 0 Å². The number of nitrogens with zero attached hydrogens (tertiary/aromatic N) is 2. The summed E-state index contributed by atoms with van der Waals surface area (Å²) >= 11 is 0. The largest absolute Gasteiger partial charge is 0.494 e. The zero-order valence-electron chi connectivity index (χ0n) is 22.0. The van der Waals surface area contributed by atoms with E-state index < -0.39 is 0 Å². The lowest BCUT2D eigenvalue weighted by Gasteiger charge is -2.13. The standard InChI is InChI=1S/C30H34N4O3/c1-5-36-24-13-8-21(9-14-24)28-29(22-10-15-25(16-11-22)37-6-2)33-27-20-23(12-17-26(27)32-28)30(35)31-18-7-19-34(3)4/h8-17,20H,5-7,18-19H2,1-4H3,(H,31,35)/p+1. The molecule has 0 spiro atoms. The highest BCUT2D eigenvalue weighted by Gasteiger charge is 2.15. The minimum Gasteiger partial charge on any atom is -0.494 e. The molecule has 0 radical (unpaired) electrons. The molecule has 7 heteroatoms. The van der Waals surface area contributed by atoms with Crippen molar-refractivity contribution in [1.29, 1.82) is 0 Å². The number of benzene rings is 3. The maximum absolute atomic E-state index is 12.8. The number of hydrogen-bond donors (Lipinski definition) is 2. The first-order chi connectivity index (χ1) is 18.0. The van der Waals surface area contributed by atoms with E-state index in [0.29, 0.717) is 30.8 Å². The minimum atomic E-state index is -0.101. The highest BCUT2D eigenvalue weighted by molar-refractivity contribution is 5.98. The van der Waals surface area contributed by atoms with Crippen LogP contribution >= 0.6 is 0 Å². The highest BCUT2D eigenvalue weighted by Crippen LogP contribution is 2.33. The van der Waals surface area contributed by atoms with Crippen molar-refractivity contribution in [2.45, 2.75) is 20.3 Å². The van der Waals surface area contributed by atoms with Gasteiger partial charge in [-0.3, -0.25) is 4.79 Å². The van der Waals surface area contributed by atoms with Crippen molar-refractivity contribution in [3.8, 4) is 34.0 Å². The number of hydrogen-bond acceptors (Lipinski definition) is 5. The quantitative estimate of drug-likeness (QED) is 0.305. The molecular weight excluding hydrogens is 464 g/mol. The zero-order chi connectivity index (χ0) is 26.2. The second kappa shape index (κ2) is 12.3. The molecule has 1 amide bonds. The molecule has 0 atom stereocenters. The summed E-state index contributed by atoms with van der Waals surface area (Å²) in [7, 11) is 4.21. The van der Waals surface area contributed by atoms with Crippen molar-refractivity contribution >= 4 is 16.9 Å². The van der Waals surface area contributed by atoms with Crippen molar-refractivity contribution < 1.29 is 19.2 Å². The first kappa shape index (κ1) is 26.1. The van der Waals surface area contributed by atoms with E-state index in [2.05, 4.69) is 19.4 Å². The van der Waals surface area contributed by atoms with Crippen molar-refractivity contribution in [3.05, 3.63) is 72.3 Å². The van der Waals surface area contributed by atoms with E-state index in [-0.39, 0.29) is 5.91 Å². The summed E-state index contributed by atoms with van der Waals surface area (Å²) in [6.07, 6.45) is 0.925. The Labute approximate surface area is 218 Å². The third-order valence-corrected chi connectivity index (χ3v) is 5.94. The molecule has 1 heterocycles. The fourth-order valence-electron chi connectivity index (χ4n) is 4.10. The average molecular weight is 500 g/mol. The first-order valence-electron chi connectivity index (χ1n) is 12.8. The second-order valence-corrected chi connectivity index (χ2v) is 9.11. The number of carbonyl (C=O) groups is 1. The monoisotopic (exact) mass is 499 g/mol. The van der Waals surface area contributed by atoms with Gasteiger partial charge in [0.15, 0.2) is 0 Å². The zero-order valence-corrected chi connectivity index (χ0v) is 22.0. The number of nitrogens with one attached hydrogen (secondary N) is 2. The van der Waals surface area contributed by atoms with Crippen molar-refractivity contribution in [2.24, 2.45) is 0 Å². The van der Waals surface area contributed by atoms with E-state index >= 15 is 0 Å². The molecule has 3 aromatic carbocycles. The lowest BCUT2D eigenvalue weighted by molar-refractivity contribution is -0.858. The molecule has 0 saturated carbocycles. The van der Waals surface area contributed by atoms with E-state index in [0.717, 1.165) is 52.5 Å². The Bertz CT molecular complexity index is 1340. The van der Waals surface area contributed by atoms with Gasteiger partial charge in [-0.15, -0.1) is 0 Å². The number of aromatic nitrogens is 2. The summed E-state index contributed by atoms with van der Waals surface area (Å²) in [5, 5.41) is 3.01. The number of quaternary nitrogens is 1. The van der Waals surface area contributed by atoms with Gasteiger partial charge in [0.25, 0.3) is 5.91 Å². The fraction of sp³-hybridized carbons (Fsp3) is 0.300. The van der Waals surface area contributed by atoms with Crippen molar-refractivity contribution in [1.82, 2.24) is 15.3 Å². The van der Waals surface area contributed by atoms with Crippen LogP contribution < -0.4 is 19.7 Å². The smallest absolute Gasteiger partial charge is 0.251 e. The van der Waals surface area contributed by atoms with Gasteiger partial charge in [-0.2, -0.15) is 0 Å². The Morgan fingerprint density at radius 2 is 1.32 bits per heavy atom. The third kappa shape index (κ3) is 6.62. The van der Waals surface area contributed by atoms with Crippen LogP contribution in [0.1, 0.15) is 30.6 Å². The summed E-state index contributed by atoms with van der Waals surface area (Å²) in [6.45, 7) is 6.79. The van der Waals surface area contributed by atoms with Gasteiger partial charge in [0.2, 0.25) is 0 Å². The van der Waals surface area contributed by atoms with Crippen LogP contribution in [0.5, 0.6) is 11.5 Å². The summed E-state index contributed by atoms with van der Waals surface area (Å²) in [4.78, 5) is 24.1. The molecule has 7 nitrogen and oxygen atoms in total. The third-order valence-electron chi connectivity index (χ3n) is 5.94. The van der Waals surface area contributed by atoms with Crippen LogP contribution in [0.3, 0.4) is 0 Å². The van der Waals surface area contributed by atoms with Gasteiger partial charge in [-0.25, -0.2) is 9.97 Å². The molecule has 0 aliphatic carbocycles. The second-order valence-electron chi connectivity index (χ2n) is 9.11. The van der Waals surface area contributed by atoms with E-state index in [1.54, 1.807) is 0 Å². The van der Waals surface area contributed by atoms with Crippen molar-refractivity contribution in [2.75, 3.05) is 40.4 Å². The summed E-state index contributed by atoms with van der Waals surface area (Å²) in [5.74, 6) is 1.51. The number of ether oxygens (including phenoxy) is 2. The van der Waals surface area contributed by atoms with Crippen LogP contribution in [0.2, 0.25) is 0 Å². The SMILES string of the molecule is CCOc1ccc(-c2nc3ccc(C(=O)NCCC[NH+](C)C)cc3nc2-c2ccc(OCC)cc2)cc1. The lowest BCUT2D eigenvalue weighted by Crippen LogP contribution is -3.05. The number of carbonyl (C=O) groups excluding carboxylic acids is 1. The van der Waals surface area contributed by atoms with E-state index in [9.17, 15) is 4.79 Å². The summed E-state index contributed by atoms with van der Waals surface area (Å²) < 4.78 is 11.2. The Hall–Kier alpha value is -3.97. The molecular formula is C30H35N4O3+. The molecule has 192 valence electrons. The molecule has 0 saturated heterocycles. The minimum absolute atomic E-state index is 0.101. The van der Waals surface area contributed by atoms with E-state index in [4.69, 9.17) is 19.4 Å². The molecule has 0 fully saturated rings. The van der Waals surface area contributed by atoms with Crippen LogP contribution in [-0.4, -0.2) is 56.3 Å². The molecule has 0 aliphatic rings. The predicted molar refractivity (Wildman–Crippen MR) is 147 cm³/mol. The molecule has 2 N–H and O–H groups in total. The molecule has 1 aromatic heterocycles. The molecule has 4 aromatic rings. The number of fused-ring (bicyclic) bond motifs is 1. The molecule has 4 rings (SSSR count). The van der Waals surface area contributed by atoms with Crippen LogP contribution in [0.25, 0.3) is 33.5 Å². The van der Waals surface area contributed by atoms with Crippen LogP contribution in [0.4, 0.5) is 0 Å². The van der Waals surface area contributed by atoms with E-state index in [1.165, 1.54) is 4.90 Å². The molecule has 37 heavy (non-hydrogen) atoms. The maximum atomic E-state index is 12.8. The Morgan fingerprint density at radius 1 is 0.784 bits per heavy atom. The Balaban J connectivity index is 1.72. The fourth-order valence-corrected chi connectivity index (χ4v) is 4.10. The van der Waals surface area contributed by atoms with Gasteiger partial charge in [0, 0.05) is 29.7 Å². The number of amides is 1. The van der Waals surface area contributed by atoms with Gasteiger partial charge in [-0.05, 0) is 80.6 Å². The molecule has 0 unspecified atom stereocenters. The van der Waals surface area contributed by atoms with Crippen LogP contribution in [-0.2, 0) is 0 Å². The lowest BCUT2D eigenvalue weighted by atomic mass is 10.0. The molecule has 0 aliphatic heterocycles. The predicted octanol–water partition coefficient (Wildman–Crippen LogP) is 4.03. The Kier molecular flexibility index (Phi) is 8.69. The van der Waals surface area contributed by atoms with Gasteiger partial charge in [-0.1, -0.05) is 0 Å². The normalized spacial score (nSPS) is 11.1. The van der Waals surface area contributed by atoms with Crippen LogP contribution in [0, 0.1) is 0 Å². The van der Waals surface area contributed by atoms with Gasteiger partial charge >= 0.3 is 0 Å². The highest BCUT2D eigenvalue weighted by atomic mass is 16.5. The van der Waals surface area contributed by atoms with Gasteiger partial charge in [0.05, 0.1) is 56.3 Å². The Morgan fingerprint density at radius 3 is 1.84 bits per heavy atom. The average Bonchev–Trinajstić information content (AvgIpc) is 2.91. The molecule has 0 bridgehead atoms. The summed E-state index contributed by atoms with van der Waals surface area (Å²) in [6, 6.07) is 21.2. The topological polar surface area (TPSA) is 77.8 Å². The van der Waals surface area contributed by atoms with Crippen LogP contribution in [0.15, 0.2) is 66.7 Å². The first-order valence-corrected chi connectivity index (χ1v) is 12.8.